The smallest absolute Gasteiger partial charge is 0.115 e. The lowest BCUT2D eigenvalue weighted by Gasteiger charge is -2.06. The number of oxime groups is 1. The predicted molar refractivity (Wildman–Crippen MR) is 50.0 cm³/mol. The number of rotatable bonds is 2. The standard InChI is InChI=1S/C10H12FNO/c1-7-9(6-11)4-3-5-10(7)8(2)12-13/h3-5,13H,6H2,1-2H3. The van der Waals surface area contributed by atoms with Crippen molar-refractivity contribution in [3.63, 3.8) is 0 Å². The van der Waals surface area contributed by atoms with Gasteiger partial charge < -0.3 is 5.21 Å². The number of hydrogen-bond donors (Lipinski definition) is 1. The van der Waals surface area contributed by atoms with E-state index in [2.05, 4.69) is 5.16 Å². The third-order valence-corrected chi connectivity index (χ3v) is 2.13. The summed E-state index contributed by atoms with van der Waals surface area (Å²) in [5.41, 5.74) is 2.77. The highest BCUT2D eigenvalue weighted by atomic mass is 19.1. The molecule has 0 atom stereocenters. The van der Waals surface area contributed by atoms with Gasteiger partial charge in [0.15, 0.2) is 0 Å². The summed E-state index contributed by atoms with van der Waals surface area (Å²) in [6.07, 6.45) is 0. The molecule has 0 amide bonds. The second-order valence-electron chi connectivity index (χ2n) is 2.91. The van der Waals surface area contributed by atoms with Crippen molar-refractivity contribution in [2.75, 3.05) is 0 Å². The van der Waals surface area contributed by atoms with Crippen LogP contribution in [0, 0.1) is 6.92 Å². The lowest BCUT2D eigenvalue weighted by molar-refractivity contribution is 0.319. The SMILES string of the molecule is CC(=NO)c1cccc(CF)c1C. The van der Waals surface area contributed by atoms with Crippen molar-refractivity contribution in [1.29, 1.82) is 0 Å². The highest BCUT2D eigenvalue weighted by Gasteiger charge is 2.05. The van der Waals surface area contributed by atoms with Gasteiger partial charge in [0.2, 0.25) is 0 Å². The molecule has 0 bridgehead atoms. The first-order valence-corrected chi connectivity index (χ1v) is 4.04. The van der Waals surface area contributed by atoms with E-state index >= 15 is 0 Å². The van der Waals surface area contributed by atoms with Crippen LogP contribution in [0.25, 0.3) is 0 Å². The molecule has 0 spiro atoms. The Kier molecular flexibility index (Phi) is 3.01. The molecule has 70 valence electrons. The van der Waals surface area contributed by atoms with Gasteiger partial charge in [0.1, 0.15) is 6.67 Å². The average molecular weight is 181 g/mol. The quantitative estimate of drug-likeness (QED) is 0.424. The van der Waals surface area contributed by atoms with Gasteiger partial charge >= 0.3 is 0 Å². The lowest BCUT2D eigenvalue weighted by Crippen LogP contribution is -2.00. The van der Waals surface area contributed by atoms with Gasteiger partial charge in [-0.1, -0.05) is 23.4 Å². The molecular weight excluding hydrogens is 169 g/mol. The molecule has 3 heteroatoms. The zero-order valence-corrected chi connectivity index (χ0v) is 7.71. The Balaban J connectivity index is 3.23. The van der Waals surface area contributed by atoms with Crippen LogP contribution in [-0.4, -0.2) is 10.9 Å². The van der Waals surface area contributed by atoms with Crippen molar-refractivity contribution in [2.45, 2.75) is 20.5 Å². The zero-order valence-electron chi connectivity index (χ0n) is 7.71. The first-order valence-electron chi connectivity index (χ1n) is 4.04. The summed E-state index contributed by atoms with van der Waals surface area (Å²) >= 11 is 0. The number of hydrogen-bond acceptors (Lipinski definition) is 2. The van der Waals surface area contributed by atoms with Gasteiger partial charge in [-0.2, -0.15) is 0 Å². The highest BCUT2D eigenvalue weighted by Crippen LogP contribution is 2.15. The fourth-order valence-electron chi connectivity index (χ4n) is 1.27. The molecule has 1 rings (SSSR count). The number of nitrogens with zero attached hydrogens (tertiary/aromatic N) is 1. The van der Waals surface area contributed by atoms with Crippen LogP contribution in [0.2, 0.25) is 0 Å². The van der Waals surface area contributed by atoms with Crippen molar-refractivity contribution in [1.82, 2.24) is 0 Å². The van der Waals surface area contributed by atoms with Crippen LogP contribution in [0.15, 0.2) is 23.4 Å². The van der Waals surface area contributed by atoms with E-state index in [0.29, 0.717) is 11.3 Å². The summed E-state index contributed by atoms with van der Waals surface area (Å²) in [7, 11) is 0. The molecule has 0 saturated heterocycles. The molecule has 1 aromatic carbocycles. The van der Waals surface area contributed by atoms with Gasteiger partial charge in [0, 0.05) is 5.56 Å². The predicted octanol–water partition coefficient (Wildman–Crippen LogP) is 2.66. The first-order chi connectivity index (χ1) is 6.20. The van der Waals surface area contributed by atoms with E-state index in [1.165, 1.54) is 0 Å². The average Bonchev–Trinajstić information content (AvgIpc) is 2.17. The van der Waals surface area contributed by atoms with Gasteiger partial charge in [-0.3, -0.25) is 0 Å². The normalized spacial score (nSPS) is 11.8. The fraction of sp³-hybridized carbons (Fsp3) is 0.300. The number of benzene rings is 1. The molecular formula is C10H12FNO. The Labute approximate surface area is 76.7 Å². The molecule has 0 aromatic heterocycles. The number of alkyl halides is 1. The molecule has 0 radical (unpaired) electrons. The monoisotopic (exact) mass is 181 g/mol. The van der Waals surface area contributed by atoms with Crippen LogP contribution in [0.4, 0.5) is 4.39 Å². The minimum Gasteiger partial charge on any atom is -0.411 e. The molecule has 13 heavy (non-hydrogen) atoms. The Morgan fingerprint density at radius 2 is 2.23 bits per heavy atom. The molecule has 2 nitrogen and oxygen atoms in total. The van der Waals surface area contributed by atoms with Crippen molar-refractivity contribution >= 4 is 5.71 Å². The van der Waals surface area contributed by atoms with E-state index in [0.717, 1.165) is 11.1 Å². The van der Waals surface area contributed by atoms with Gasteiger partial charge in [0.05, 0.1) is 5.71 Å². The summed E-state index contributed by atoms with van der Waals surface area (Å²) in [4.78, 5) is 0. The molecule has 0 aliphatic heterocycles. The largest absolute Gasteiger partial charge is 0.411 e. The van der Waals surface area contributed by atoms with E-state index in [9.17, 15) is 4.39 Å². The fourth-order valence-corrected chi connectivity index (χ4v) is 1.27. The second kappa shape index (κ2) is 4.03. The van der Waals surface area contributed by atoms with Crippen molar-refractivity contribution in [2.24, 2.45) is 5.16 Å². The van der Waals surface area contributed by atoms with Crippen molar-refractivity contribution in [3.8, 4) is 0 Å². The zero-order chi connectivity index (χ0) is 9.84. The van der Waals surface area contributed by atoms with E-state index in [1.807, 2.05) is 13.0 Å². The molecule has 0 aliphatic rings. The van der Waals surface area contributed by atoms with Crippen LogP contribution in [0.5, 0.6) is 0 Å². The van der Waals surface area contributed by atoms with Crippen LogP contribution in [0.3, 0.4) is 0 Å². The summed E-state index contributed by atoms with van der Waals surface area (Å²) in [5.74, 6) is 0. The molecule has 0 aliphatic carbocycles. The van der Waals surface area contributed by atoms with Crippen molar-refractivity contribution < 1.29 is 9.60 Å². The Morgan fingerprint density at radius 3 is 2.77 bits per heavy atom. The van der Waals surface area contributed by atoms with E-state index < -0.39 is 6.67 Å². The van der Waals surface area contributed by atoms with Crippen molar-refractivity contribution in [3.05, 3.63) is 34.9 Å². The summed E-state index contributed by atoms with van der Waals surface area (Å²) in [6, 6.07) is 5.29. The maximum Gasteiger partial charge on any atom is 0.115 e. The minimum atomic E-state index is -0.488. The van der Waals surface area contributed by atoms with Crippen LogP contribution < -0.4 is 0 Å². The molecule has 0 saturated carbocycles. The second-order valence-corrected chi connectivity index (χ2v) is 2.91. The van der Waals surface area contributed by atoms with Gasteiger partial charge in [-0.15, -0.1) is 0 Å². The topological polar surface area (TPSA) is 32.6 Å². The van der Waals surface area contributed by atoms with Gasteiger partial charge in [0.25, 0.3) is 0 Å². The maximum absolute atomic E-state index is 12.4. The van der Waals surface area contributed by atoms with Crippen LogP contribution >= 0.6 is 0 Å². The summed E-state index contributed by atoms with van der Waals surface area (Å²) < 4.78 is 12.4. The molecule has 0 fully saturated rings. The minimum absolute atomic E-state index is 0.488. The molecule has 0 unspecified atom stereocenters. The Hall–Kier alpha value is -1.38. The van der Waals surface area contributed by atoms with E-state index in [1.54, 1.807) is 19.1 Å². The van der Waals surface area contributed by atoms with Gasteiger partial charge in [-0.05, 0) is 25.0 Å². The highest BCUT2D eigenvalue weighted by molar-refractivity contribution is 5.99. The summed E-state index contributed by atoms with van der Waals surface area (Å²) in [5, 5.41) is 11.7. The molecule has 0 heterocycles. The Bertz CT molecular complexity index is 334. The lowest BCUT2D eigenvalue weighted by atomic mass is 10.0. The van der Waals surface area contributed by atoms with E-state index in [-0.39, 0.29) is 0 Å². The van der Waals surface area contributed by atoms with Crippen LogP contribution in [0.1, 0.15) is 23.6 Å². The molecule has 1 aromatic rings. The first kappa shape index (κ1) is 9.71. The maximum atomic E-state index is 12.4. The number of halogens is 1. The van der Waals surface area contributed by atoms with E-state index in [4.69, 9.17) is 5.21 Å². The van der Waals surface area contributed by atoms with Gasteiger partial charge in [-0.25, -0.2) is 4.39 Å². The molecule has 1 N–H and O–H groups in total. The van der Waals surface area contributed by atoms with Crippen LogP contribution in [-0.2, 0) is 6.67 Å². The summed E-state index contributed by atoms with van der Waals surface area (Å²) in [6.45, 7) is 3.02. The third kappa shape index (κ3) is 1.86. The Morgan fingerprint density at radius 1 is 1.54 bits per heavy atom. The third-order valence-electron chi connectivity index (χ3n) is 2.13.